The molecule has 0 aliphatic heterocycles. The third-order valence-electron chi connectivity index (χ3n) is 1.44. The molecule has 0 fully saturated rings. The molecular weight excluding hydrogens is 154 g/mol. The summed E-state index contributed by atoms with van der Waals surface area (Å²) in [5, 5.41) is 8.70. The summed E-state index contributed by atoms with van der Waals surface area (Å²) in [6.45, 7) is 2.38. The fourth-order valence-corrected chi connectivity index (χ4v) is 0.924. The summed E-state index contributed by atoms with van der Waals surface area (Å²) in [6.07, 6.45) is 2.90. The van der Waals surface area contributed by atoms with Crippen molar-refractivity contribution in [2.75, 3.05) is 6.61 Å². The van der Waals surface area contributed by atoms with E-state index in [1.807, 2.05) is 20.0 Å². The fraction of sp³-hybridized carbons (Fsp3) is 0.500. The molecule has 0 amide bonds. The van der Waals surface area contributed by atoms with Gasteiger partial charge in [-0.25, -0.2) is 4.98 Å². The van der Waals surface area contributed by atoms with Gasteiger partial charge in [-0.05, 0) is 6.92 Å². The van der Waals surface area contributed by atoms with Gasteiger partial charge in [0.05, 0.1) is 6.33 Å². The molecule has 1 unspecified atom stereocenters. The highest BCUT2D eigenvalue weighted by Crippen LogP contribution is 2.12. The van der Waals surface area contributed by atoms with E-state index in [1.54, 1.807) is 17.1 Å². The van der Waals surface area contributed by atoms with Gasteiger partial charge in [0.25, 0.3) is 0 Å². The van der Waals surface area contributed by atoms with Gasteiger partial charge in [-0.2, -0.15) is 5.26 Å². The van der Waals surface area contributed by atoms with Crippen molar-refractivity contribution in [3.05, 3.63) is 18.2 Å². The Bertz CT molecular complexity index is 287. The molecule has 0 aliphatic carbocycles. The summed E-state index contributed by atoms with van der Waals surface area (Å²) < 4.78 is 6.94. The van der Waals surface area contributed by atoms with Gasteiger partial charge < -0.3 is 9.30 Å². The molecule has 1 rings (SSSR count). The number of aromatic nitrogens is 2. The van der Waals surface area contributed by atoms with Crippen molar-refractivity contribution >= 4 is 0 Å². The van der Waals surface area contributed by atoms with Crippen LogP contribution < -0.4 is 0 Å². The van der Waals surface area contributed by atoms with Gasteiger partial charge in [-0.3, -0.25) is 0 Å². The second-order valence-corrected chi connectivity index (χ2v) is 2.43. The minimum Gasteiger partial charge on any atom is -0.357 e. The number of hydrogen-bond acceptors (Lipinski definition) is 3. The van der Waals surface area contributed by atoms with Gasteiger partial charge >= 0.3 is 0 Å². The lowest BCUT2D eigenvalue weighted by Gasteiger charge is -2.04. The van der Waals surface area contributed by atoms with Crippen LogP contribution in [-0.4, -0.2) is 16.2 Å². The molecule has 0 saturated heterocycles. The Balaban J connectivity index is 2.74. The molecule has 0 radical (unpaired) electrons. The number of ether oxygens (including phenoxy) is 1. The number of hydrogen-bond donors (Lipinski definition) is 0. The number of aryl methyl sites for hydroxylation is 1. The highest BCUT2D eigenvalue weighted by atomic mass is 16.5. The van der Waals surface area contributed by atoms with Crippen LogP contribution in [0.1, 0.15) is 18.7 Å². The molecule has 0 saturated carbocycles. The summed E-state index contributed by atoms with van der Waals surface area (Å²) in [4.78, 5) is 4.02. The summed E-state index contributed by atoms with van der Waals surface area (Å²) in [7, 11) is 1.86. The van der Waals surface area contributed by atoms with E-state index in [9.17, 15) is 0 Å². The predicted octanol–water partition coefficient (Wildman–Crippen LogP) is 1.02. The zero-order valence-corrected chi connectivity index (χ0v) is 7.19. The van der Waals surface area contributed by atoms with Crippen molar-refractivity contribution < 1.29 is 4.74 Å². The van der Waals surface area contributed by atoms with E-state index in [4.69, 9.17) is 10.00 Å². The topological polar surface area (TPSA) is 50.8 Å². The molecule has 0 aliphatic rings. The summed E-state index contributed by atoms with van der Waals surface area (Å²) in [6, 6.07) is 2.03. The van der Waals surface area contributed by atoms with Gasteiger partial charge in [0.1, 0.15) is 11.8 Å². The molecule has 1 aromatic rings. The number of rotatable bonds is 3. The van der Waals surface area contributed by atoms with E-state index in [0.29, 0.717) is 12.3 Å². The monoisotopic (exact) mass is 165 g/mol. The zero-order valence-electron chi connectivity index (χ0n) is 7.19. The molecule has 0 N–H and O–H groups in total. The molecule has 1 aromatic heterocycles. The third-order valence-corrected chi connectivity index (χ3v) is 1.44. The van der Waals surface area contributed by atoms with Crippen LogP contribution in [0.4, 0.5) is 0 Å². The zero-order chi connectivity index (χ0) is 8.97. The van der Waals surface area contributed by atoms with Gasteiger partial charge in [0.15, 0.2) is 6.10 Å². The Labute approximate surface area is 71.4 Å². The number of imidazole rings is 1. The number of nitrogens with zero attached hydrogens (tertiary/aromatic N) is 3. The van der Waals surface area contributed by atoms with Crippen LogP contribution in [0.2, 0.25) is 0 Å². The van der Waals surface area contributed by atoms with E-state index < -0.39 is 6.10 Å². The standard InChI is InChI=1S/C8H11N3O/c1-3-12-8(4-9)7-5-11(2)6-10-7/h5-6,8H,3H2,1-2H3. The maximum absolute atomic E-state index is 8.70. The number of nitriles is 1. The first kappa shape index (κ1) is 8.75. The van der Waals surface area contributed by atoms with Crippen LogP contribution in [-0.2, 0) is 11.8 Å². The summed E-state index contributed by atoms with van der Waals surface area (Å²) >= 11 is 0. The van der Waals surface area contributed by atoms with E-state index in [1.165, 1.54) is 0 Å². The molecule has 0 spiro atoms. The van der Waals surface area contributed by atoms with Gasteiger partial charge in [-0.15, -0.1) is 0 Å². The third kappa shape index (κ3) is 1.83. The first-order valence-corrected chi connectivity index (χ1v) is 3.77. The molecular formula is C8H11N3O. The Morgan fingerprint density at radius 2 is 2.58 bits per heavy atom. The van der Waals surface area contributed by atoms with Crippen molar-refractivity contribution in [1.29, 1.82) is 5.26 Å². The van der Waals surface area contributed by atoms with Crippen molar-refractivity contribution in [3.8, 4) is 6.07 Å². The van der Waals surface area contributed by atoms with Crippen LogP contribution in [0.15, 0.2) is 12.5 Å². The van der Waals surface area contributed by atoms with Crippen LogP contribution >= 0.6 is 0 Å². The molecule has 64 valence electrons. The molecule has 1 heterocycles. The largest absolute Gasteiger partial charge is 0.357 e. The smallest absolute Gasteiger partial charge is 0.187 e. The SMILES string of the molecule is CCOC(C#N)c1cn(C)cn1. The maximum atomic E-state index is 8.70. The Morgan fingerprint density at radius 1 is 1.83 bits per heavy atom. The highest BCUT2D eigenvalue weighted by molar-refractivity contribution is 5.09. The van der Waals surface area contributed by atoms with Gasteiger partial charge in [0.2, 0.25) is 0 Å². The van der Waals surface area contributed by atoms with Gasteiger partial charge in [0, 0.05) is 19.9 Å². The molecule has 4 heteroatoms. The maximum Gasteiger partial charge on any atom is 0.187 e. The average molecular weight is 165 g/mol. The fourth-order valence-electron chi connectivity index (χ4n) is 0.924. The van der Waals surface area contributed by atoms with Crippen LogP contribution in [0, 0.1) is 11.3 Å². The second kappa shape index (κ2) is 3.88. The molecule has 4 nitrogen and oxygen atoms in total. The second-order valence-electron chi connectivity index (χ2n) is 2.43. The first-order valence-electron chi connectivity index (χ1n) is 3.77. The molecule has 12 heavy (non-hydrogen) atoms. The minimum atomic E-state index is -0.531. The van der Waals surface area contributed by atoms with E-state index in [-0.39, 0.29) is 0 Å². The summed E-state index contributed by atoms with van der Waals surface area (Å²) in [5.41, 5.74) is 0.668. The molecule has 0 bridgehead atoms. The Morgan fingerprint density at radius 3 is 3.00 bits per heavy atom. The van der Waals surface area contributed by atoms with Crippen LogP contribution in [0.25, 0.3) is 0 Å². The predicted molar refractivity (Wildman–Crippen MR) is 43.2 cm³/mol. The van der Waals surface area contributed by atoms with E-state index in [2.05, 4.69) is 4.98 Å². The Hall–Kier alpha value is -1.34. The van der Waals surface area contributed by atoms with Crippen LogP contribution in [0.5, 0.6) is 0 Å². The normalized spacial score (nSPS) is 12.4. The highest BCUT2D eigenvalue weighted by Gasteiger charge is 2.11. The minimum absolute atomic E-state index is 0.523. The quantitative estimate of drug-likeness (QED) is 0.671. The van der Waals surface area contributed by atoms with Gasteiger partial charge in [-0.1, -0.05) is 0 Å². The lowest BCUT2D eigenvalue weighted by atomic mass is 10.3. The van der Waals surface area contributed by atoms with Crippen LogP contribution in [0.3, 0.4) is 0 Å². The van der Waals surface area contributed by atoms with E-state index >= 15 is 0 Å². The van der Waals surface area contributed by atoms with Crippen molar-refractivity contribution in [3.63, 3.8) is 0 Å². The Kier molecular flexibility index (Phi) is 2.83. The van der Waals surface area contributed by atoms with E-state index in [0.717, 1.165) is 0 Å². The molecule has 0 aromatic carbocycles. The van der Waals surface area contributed by atoms with Crippen molar-refractivity contribution in [1.82, 2.24) is 9.55 Å². The lowest BCUT2D eigenvalue weighted by molar-refractivity contribution is 0.0993. The van der Waals surface area contributed by atoms with Crippen molar-refractivity contribution in [2.24, 2.45) is 7.05 Å². The molecule has 1 atom stereocenters. The lowest BCUT2D eigenvalue weighted by Crippen LogP contribution is -2.01. The summed E-state index contributed by atoms with van der Waals surface area (Å²) in [5.74, 6) is 0. The average Bonchev–Trinajstić information content (AvgIpc) is 2.47. The van der Waals surface area contributed by atoms with Crippen molar-refractivity contribution in [2.45, 2.75) is 13.0 Å². The first-order chi connectivity index (χ1) is 5.77.